The van der Waals surface area contributed by atoms with E-state index < -0.39 is 0 Å². The summed E-state index contributed by atoms with van der Waals surface area (Å²) in [6.07, 6.45) is 7.41. The Bertz CT molecular complexity index is 694. The van der Waals surface area contributed by atoms with Crippen molar-refractivity contribution in [3.05, 3.63) is 29.8 Å². The topological polar surface area (TPSA) is 44.8 Å². The molecule has 1 N–H and O–H groups in total. The van der Waals surface area contributed by atoms with Crippen LogP contribution in [0.15, 0.2) is 24.3 Å². The highest BCUT2D eigenvalue weighted by atomic mass is 16.5. The van der Waals surface area contributed by atoms with Gasteiger partial charge < -0.3 is 19.9 Å². The zero-order valence-electron chi connectivity index (χ0n) is 16.3. The molecule has 27 heavy (non-hydrogen) atoms. The van der Waals surface area contributed by atoms with Crippen LogP contribution in [0.4, 0.5) is 4.79 Å². The second-order valence-electron chi connectivity index (χ2n) is 9.25. The van der Waals surface area contributed by atoms with Crippen molar-refractivity contribution >= 4 is 6.03 Å². The van der Waals surface area contributed by atoms with Gasteiger partial charge in [-0.15, -0.1) is 0 Å². The van der Waals surface area contributed by atoms with E-state index in [1.165, 1.54) is 24.8 Å². The number of hydrogen-bond donors (Lipinski definition) is 1. The van der Waals surface area contributed by atoms with Gasteiger partial charge in [0.25, 0.3) is 0 Å². The highest BCUT2D eigenvalue weighted by Crippen LogP contribution is 2.55. The summed E-state index contributed by atoms with van der Waals surface area (Å²) < 4.78 is 5.85. The Morgan fingerprint density at radius 3 is 2.59 bits per heavy atom. The number of ether oxygens (including phenoxy) is 1. The van der Waals surface area contributed by atoms with E-state index in [0.29, 0.717) is 23.5 Å². The van der Waals surface area contributed by atoms with Crippen molar-refractivity contribution in [2.75, 3.05) is 33.2 Å². The van der Waals surface area contributed by atoms with Crippen molar-refractivity contribution in [2.24, 2.45) is 11.3 Å². The van der Waals surface area contributed by atoms with Crippen molar-refractivity contribution in [1.29, 1.82) is 0 Å². The average Bonchev–Trinajstić information content (AvgIpc) is 3.59. The van der Waals surface area contributed by atoms with Gasteiger partial charge in [0.2, 0.25) is 0 Å². The number of piperidine rings is 1. The van der Waals surface area contributed by atoms with E-state index in [1.807, 2.05) is 0 Å². The fourth-order valence-electron chi connectivity index (χ4n) is 4.92. The number of nitrogens with one attached hydrogen (secondary N) is 1. The van der Waals surface area contributed by atoms with Crippen LogP contribution in [0.3, 0.4) is 0 Å². The third-order valence-electron chi connectivity index (χ3n) is 7.06. The lowest BCUT2D eigenvalue weighted by molar-refractivity contribution is 0.0958. The van der Waals surface area contributed by atoms with Gasteiger partial charge in [-0.1, -0.05) is 12.1 Å². The van der Waals surface area contributed by atoms with Gasteiger partial charge in [0.15, 0.2) is 0 Å². The van der Waals surface area contributed by atoms with Crippen LogP contribution in [-0.2, 0) is 6.42 Å². The minimum Gasteiger partial charge on any atom is -0.490 e. The first-order valence-corrected chi connectivity index (χ1v) is 10.6. The number of carbonyl (C=O) groups excluding carboxylic acids is 1. The van der Waals surface area contributed by atoms with Crippen LogP contribution in [0.1, 0.15) is 37.7 Å². The van der Waals surface area contributed by atoms with Gasteiger partial charge in [-0.05, 0) is 82.3 Å². The van der Waals surface area contributed by atoms with Gasteiger partial charge >= 0.3 is 6.03 Å². The summed E-state index contributed by atoms with van der Waals surface area (Å²) in [4.78, 5) is 17.0. The van der Waals surface area contributed by atoms with Gasteiger partial charge in [0, 0.05) is 24.5 Å². The van der Waals surface area contributed by atoms with Crippen molar-refractivity contribution in [1.82, 2.24) is 15.1 Å². The summed E-state index contributed by atoms with van der Waals surface area (Å²) in [5, 5.41) is 3.20. The average molecular weight is 370 g/mol. The molecule has 2 saturated heterocycles. The summed E-state index contributed by atoms with van der Waals surface area (Å²) in [5.41, 5.74) is 1.68. The third-order valence-corrected chi connectivity index (χ3v) is 7.06. The summed E-state index contributed by atoms with van der Waals surface area (Å²) in [6.45, 7) is 3.99. The van der Waals surface area contributed by atoms with E-state index in [2.05, 4.69) is 46.4 Å². The van der Waals surface area contributed by atoms with Crippen LogP contribution in [-0.4, -0.2) is 61.2 Å². The highest BCUT2D eigenvalue weighted by molar-refractivity contribution is 5.76. The minimum atomic E-state index is 0.155. The molecule has 2 saturated carbocycles. The quantitative estimate of drug-likeness (QED) is 0.868. The fraction of sp³-hybridized carbons (Fsp3) is 0.682. The predicted octanol–water partition coefficient (Wildman–Crippen LogP) is 2.90. The lowest BCUT2D eigenvalue weighted by Gasteiger charge is -2.42. The summed E-state index contributed by atoms with van der Waals surface area (Å²) in [7, 11) is 2.17. The van der Waals surface area contributed by atoms with Crippen molar-refractivity contribution in [2.45, 2.75) is 50.7 Å². The SMILES string of the molecule is CN1CCC(N2CC3(CNC2=O)CC3Cc2ccc(OC3CC3)cc2)CC1. The molecule has 4 aliphatic rings. The Morgan fingerprint density at radius 1 is 1.15 bits per heavy atom. The molecule has 5 rings (SSSR count). The number of rotatable bonds is 5. The lowest BCUT2D eigenvalue weighted by Crippen LogP contribution is -2.58. The Kier molecular flexibility index (Phi) is 4.30. The predicted molar refractivity (Wildman–Crippen MR) is 105 cm³/mol. The largest absolute Gasteiger partial charge is 0.490 e. The number of urea groups is 1. The van der Waals surface area contributed by atoms with Crippen LogP contribution in [0.25, 0.3) is 0 Å². The van der Waals surface area contributed by atoms with Gasteiger partial charge in [-0.25, -0.2) is 4.79 Å². The summed E-state index contributed by atoms with van der Waals surface area (Å²) in [6, 6.07) is 9.26. The molecule has 2 heterocycles. The molecule has 0 bridgehead atoms. The van der Waals surface area contributed by atoms with E-state index in [4.69, 9.17) is 4.74 Å². The molecule has 0 aromatic heterocycles. The number of likely N-dealkylation sites (tertiary alicyclic amines) is 1. The smallest absolute Gasteiger partial charge is 0.317 e. The van der Waals surface area contributed by atoms with E-state index >= 15 is 0 Å². The molecular formula is C22H31N3O2. The number of carbonyl (C=O) groups is 1. The molecule has 0 radical (unpaired) electrons. The molecule has 2 aliphatic heterocycles. The molecule has 2 atom stereocenters. The normalized spacial score (nSPS) is 31.8. The van der Waals surface area contributed by atoms with Gasteiger partial charge in [-0.2, -0.15) is 0 Å². The Balaban J connectivity index is 1.19. The Hall–Kier alpha value is -1.75. The minimum absolute atomic E-state index is 0.155. The third kappa shape index (κ3) is 3.66. The molecule has 5 heteroatoms. The molecule has 1 aromatic carbocycles. The molecule has 5 nitrogen and oxygen atoms in total. The van der Waals surface area contributed by atoms with Crippen LogP contribution < -0.4 is 10.1 Å². The molecule has 146 valence electrons. The first-order chi connectivity index (χ1) is 13.1. The number of hydrogen-bond acceptors (Lipinski definition) is 3. The second kappa shape index (κ2) is 6.69. The van der Waals surface area contributed by atoms with Crippen LogP contribution in [0.5, 0.6) is 5.75 Å². The van der Waals surface area contributed by atoms with Crippen molar-refractivity contribution in [3.8, 4) is 5.75 Å². The molecule has 2 unspecified atom stereocenters. The fourth-order valence-corrected chi connectivity index (χ4v) is 4.92. The molecular weight excluding hydrogens is 338 g/mol. The number of amides is 2. The van der Waals surface area contributed by atoms with Crippen LogP contribution in [0.2, 0.25) is 0 Å². The van der Waals surface area contributed by atoms with Crippen molar-refractivity contribution in [3.63, 3.8) is 0 Å². The van der Waals surface area contributed by atoms with Crippen molar-refractivity contribution < 1.29 is 9.53 Å². The monoisotopic (exact) mass is 369 g/mol. The number of benzene rings is 1. The zero-order valence-corrected chi connectivity index (χ0v) is 16.3. The Morgan fingerprint density at radius 2 is 1.89 bits per heavy atom. The maximum Gasteiger partial charge on any atom is 0.317 e. The molecule has 1 spiro atoms. The molecule has 2 amide bonds. The second-order valence-corrected chi connectivity index (χ2v) is 9.25. The standard InChI is InChI=1S/C22H31N3O2/c1-24-10-8-18(9-11-24)25-15-22(14-23-21(25)26)13-17(22)12-16-2-4-19(5-3-16)27-20-6-7-20/h2-5,17-18,20H,6-15H2,1H3,(H,23,26). The Labute approximate surface area is 162 Å². The van der Waals surface area contributed by atoms with E-state index in [-0.39, 0.29) is 6.03 Å². The van der Waals surface area contributed by atoms with Gasteiger partial charge in [0.1, 0.15) is 5.75 Å². The molecule has 2 aliphatic carbocycles. The first kappa shape index (κ1) is 17.4. The van der Waals surface area contributed by atoms with E-state index in [9.17, 15) is 4.79 Å². The molecule has 1 aromatic rings. The van der Waals surface area contributed by atoms with E-state index in [1.54, 1.807) is 0 Å². The summed E-state index contributed by atoms with van der Waals surface area (Å²) in [5.74, 6) is 1.69. The maximum atomic E-state index is 12.5. The van der Waals surface area contributed by atoms with Gasteiger partial charge in [-0.3, -0.25) is 0 Å². The highest BCUT2D eigenvalue weighted by Gasteiger charge is 2.57. The lowest BCUT2D eigenvalue weighted by atomic mass is 9.94. The summed E-state index contributed by atoms with van der Waals surface area (Å²) >= 11 is 0. The zero-order chi connectivity index (χ0) is 18.4. The van der Waals surface area contributed by atoms with Gasteiger partial charge in [0.05, 0.1) is 6.10 Å². The maximum absolute atomic E-state index is 12.5. The number of nitrogens with zero attached hydrogens (tertiary/aromatic N) is 2. The van der Waals surface area contributed by atoms with Crippen LogP contribution >= 0.6 is 0 Å². The van der Waals surface area contributed by atoms with Crippen LogP contribution in [0, 0.1) is 11.3 Å². The first-order valence-electron chi connectivity index (χ1n) is 10.6. The molecule has 4 fully saturated rings. The van der Waals surface area contributed by atoms with E-state index in [0.717, 1.165) is 51.2 Å².